The molecule has 0 aliphatic rings. The number of allylic oxidation sites excluding steroid dienone is 4. The van der Waals surface area contributed by atoms with Crippen LogP contribution in [-0.2, 0) is 42.2 Å². The van der Waals surface area contributed by atoms with Gasteiger partial charge in [-0.1, -0.05) is 321 Å². The van der Waals surface area contributed by atoms with Crippen molar-refractivity contribution < 1.29 is 52.2 Å². The Morgan fingerprint density at radius 1 is 0.341 bits per heavy atom. The van der Waals surface area contributed by atoms with Gasteiger partial charge >= 0.3 is 25.7 Å². The summed E-state index contributed by atoms with van der Waals surface area (Å²) in [6, 6.07) is 0. The lowest BCUT2D eigenvalue weighted by Crippen LogP contribution is -2.30. The molecule has 12 heteroatoms. The van der Waals surface area contributed by atoms with Crippen LogP contribution in [0.1, 0.15) is 367 Å². The van der Waals surface area contributed by atoms with Gasteiger partial charge in [0.2, 0.25) is 0 Å². The number of unbranched alkanes of at least 4 members (excludes halogenated alkanes) is 46. The van der Waals surface area contributed by atoms with Gasteiger partial charge in [-0.05, 0) is 51.4 Å². The number of ether oxygens (including phenoxy) is 3. The number of hydrogen-bond acceptors (Lipinski definition) is 10. The number of aliphatic hydroxyl groups excluding tert-OH is 1. The van der Waals surface area contributed by atoms with E-state index >= 15 is 0 Å². The van der Waals surface area contributed by atoms with E-state index in [1.807, 2.05) is 0 Å². The van der Waals surface area contributed by atoms with Crippen molar-refractivity contribution in [2.45, 2.75) is 380 Å². The van der Waals surface area contributed by atoms with Gasteiger partial charge in [0, 0.05) is 19.3 Å². The second-order valence-corrected chi connectivity index (χ2v) is 25.5. The highest BCUT2D eigenvalue weighted by atomic mass is 31.2. The predicted octanol–water partition coefficient (Wildman–Crippen LogP) is 21.7. The van der Waals surface area contributed by atoms with Crippen LogP contribution in [0.15, 0.2) is 24.3 Å². The summed E-state index contributed by atoms with van der Waals surface area (Å²) in [6.07, 6.45) is 69.8. The number of aliphatic hydroxyl groups is 1. The molecule has 0 spiro atoms. The van der Waals surface area contributed by atoms with Crippen molar-refractivity contribution in [2.24, 2.45) is 0 Å². The van der Waals surface area contributed by atoms with Gasteiger partial charge in [0.15, 0.2) is 6.10 Å². The number of phosphoric ester groups is 1. The number of hydrogen-bond donors (Lipinski definition) is 2. The molecule has 0 aromatic heterocycles. The largest absolute Gasteiger partial charge is 0.472 e. The van der Waals surface area contributed by atoms with Crippen molar-refractivity contribution in [1.29, 1.82) is 0 Å². The summed E-state index contributed by atoms with van der Waals surface area (Å²) in [5.74, 6) is -1.43. The van der Waals surface area contributed by atoms with Gasteiger partial charge in [0.1, 0.15) is 12.7 Å². The molecule has 0 aliphatic carbocycles. The summed E-state index contributed by atoms with van der Waals surface area (Å²) in [5.41, 5.74) is 0. The molecular formula is C70H133O11P. The Hall–Kier alpha value is -2.04. The van der Waals surface area contributed by atoms with Crippen molar-refractivity contribution in [3.05, 3.63) is 24.3 Å². The van der Waals surface area contributed by atoms with Gasteiger partial charge in [-0.15, -0.1) is 0 Å². The fourth-order valence-corrected chi connectivity index (χ4v) is 11.3. The van der Waals surface area contributed by atoms with E-state index in [2.05, 4.69) is 45.1 Å². The summed E-state index contributed by atoms with van der Waals surface area (Å²) < 4.78 is 39.8. The topological polar surface area (TPSA) is 155 Å². The molecule has 82 heavy (non-hydrogen) atoms. The molecule has 0 fully saturated rings. The smallest absolute Gasteiger partial charge is 0.462 e. The van der Waals surface area contributed by atoms with Gasteiger partial charge < -0.3 is 24.2 Å². The maximum atomic E-state index is 13.0. The van der Waals surface area contributed by atoms with Crippen LogP contribution in [0.3, 0.4) is 0 Å². The van der Waals surface area contributed by atoms with Crippen molar-refractivity contribution >= 4 is 25.7 Å². The molecular weight excluding hydrogens is 1050 g/mol. The predicted molar refractivity (Wildman–Crippen MR) is 344 cm³/mol. The van der Waals surface area contributed by atoms with Gasteiger partial charge in [-0.25, -0.2) is 4.57 Å². The lowest BCUT2D eigenvalue weighted by Gasteiger charge is -2.21. The number of carbonyl (C=O) groups is 3. The number of esters is 3. The normalized spacial score (nSPS) is 13.3. The molecule has 2 N–H and O–H groups in total. The Balaban J connectivity index is 4.63. The lowest BCUT2D eigenvalue weighted by molar-refractivity contribution is -0.161. The van der Waals surface area contributed by atoms with Gasteiger partial charge in [0.25, 0.3) is 0 Å². The summed E-state index contributed by atoms with van der Waals surface area (Å²) in [4.78, 5) is 48.9. The van der Waals surface area contributed by atoms with Crippen LogP contribution in [0.5, 0.6) is 0 Å². The standard InChI is InChI=1S/C70H133O11P/c1-4-7-10-13-16-19-22-25-28-31-33-36-38-41-44-47-50-53-56-59-68(72)77-63-67(81-70(74)61-58-55-52-49-46-43-40-37-34-32-29-26-23-20-17-14-11-8-5-2)65-79-82(75,76)78-64-66(62-71)80-69(73)60-57-54-51-48-45-42-39-35-30-27-24-21-18-15-12-9-6-3/h18,21,27,30,66-67,71H,4-17,19-20,22-26,28-29,31-65H2,1-3H3,(H,75,76)/b21-18-,30-27-. The second-order valence-electron chi connectivity index (χ2n) is 24.1. The van der Waals surface area contributed by atoms with Crippen molar-refractivity contribution in [1.82, 2.24) is 0 Å². The van der Waals surface area contributed by atoms with Crippen LogP contribution in [-0.4, -0.2) is 66.5 Å². The molecule has 0 bridgehead atoms. The van der Waals surface area contributed by atoms with Crippen molar-refractivity contribution in [3.8, 4) is 0 Å². The third kappa shape index (κ3) is 62.5. The molecule has 0 aliphatic heterocycles. The van der Waals surface area contributed by atoms with Crippen LogP contribution in [0.2, 0.25) is 0 Å². The van der Waals surface area contributed by atoms with Crippen LogP contribution in [0.25, 0.3) is 0 Å². The number of carbonyl (C=O) groups excluding carboxylic acids is 3. The van der Waals surface area contributed by atoms with Crippen LogP contribution >= 0.6 is 7.82 Å². The zero-order chi connectivity index (χ0) is 59.8. The van der Waals surface area contributed by atoms with Crippen LogP contribution in [0, 0.1) is 0 Å². The highest BCUT2D eigenvalue weighted by Crippen LogP contribution is 2.43. The molecule has 0 saturated carbocycles. The van der Waals surface area contributed by atoms with E-state index in [4.69, 9.17) is 23.3 Å². The van der Waals surface area contributed by atoms with E-state index in [1.165, 1.54) is 231 Å². The first-order valence-electron chi connectivity index (χ1n) is 35.2. The molecule has 0 heterocycles. The average Bonchev–Trinajstić information content (AvgIpc) is 3.49. The van der Waals surface area contributed by atoms with Gasteiger partial charge in [-0.2, -0.15) is 0 Å². The van der Waals surface area contributed by atoms with E-state index < -0.39 is 57.8 Å². The van der Waals surface area contributed by atoms with Gasteiger partial charge in [0.05, 0.1) is 19.8 Å². The fraction of sp³-hybridized carbons (Fsp3) is 0.900. The Morgan fingerprint density at radius 2 is 0.598 bits per heavy atom. The first-order valence-corrected chi connectivity index (χ1v) is 36.7. The van der Waals surface area contributed by atoms with Gasteiger partial charge in [-0.3, -0.25) is 23.4 Å². The molecule has 484 valence electrons. The second kappa shape index (κ2) is 64.9. The maximum Gasteiger partial charge on any atom is 0.472 e. The lowest BCUT2D eigenvalue weighted by atomic mass is 10.0. The minimum absolute atomic E-state index is 0.173. The summed E-state index contributed by atoms with van der Waals surface area (Å²) >= 11 is 0. The van der Waals surface area contributed by atoms with Crippen molar-refractivity contribution in [3.63, 3.8) is 0 Å². The molecule has 0 radical (unpaired) electrons. The van der Waals surface area contributed by atoms with E-state index in [9.17, 15) is 28.9 Å². The minimum atomic E-state index is -4.75. The molecule has 0 aromatic carbocycles. The summed E-state index contributed by atoms with van der Waals surface area (Å²) in [7, 11) is -4.75. The SMILES string of the molecule is CCCCC/C=C\C/C=C\CCCCCCCCCC(=O)OC(CO)COP(=O)(O)OCC(COC(=O)CCCCCCCCCCCCCCCCCCCCC)OC(=O)CCCCCCCCCCCCCCCCCCCCC. The Morgan fingerprint density at radius 3 is 0.927 bits per heavy atom. The number of phosphoric acid groups is 1. The third-order valence-corrected chi connectivity index (χ3v) is 16.8. The van der Waals surface area contributed by atoms with E-state index in [0.29, 0.717) is 19.3 Å². The highest BCUT2D eigenvalue weighted by Gasteiger charge is 2.28. The zero-order valence-corrected chi connectivity index (χ0v) is 54.9. The Kier molecular flexibility index (Phi) is 63.3. The first-order chi connectivity index (χ1) is 40.2. The number of rotatable bonds is 67. The Labute approximate surface area is 506 Å². The summed E-state index contributed by atoms with van der Waals surface area (Å²) in [5, 5.41) is 9.87. The van der Waals surface area contributed by atoms with Crippen LogP contribution in [0.4, 0.5) is 0 Å². The van der Waals surface area contributed by atoms with E-state index in [1.54, 1.807) is 0 Å². The van der Waals surface area contributed by atoms with E-state index in [-0.39, 0.29) is 25.9 Å². The maximum absolute atomic E-state index is 13.0. The molecule has 0 saturated heterocycles. The first kappa shape index (κ1) is 80.0. The zero-order valence-electron chi connectivity index (χ0n) is 54.0. The monoisotopic (exact) mass is 1180 g/mol. The van der Waals surface area contributed by atoms with Crippen LogP contribution < -0.4 is 0 Å². The molecule has 11 nitrogen and oxygen atoms in total. The van der Waals surface area contributed by atoms with Crippen molar-refractivity contribution in [2.75, 3.05) is 26.4 Å². The highest BCUT2D eigenvalue weighted by molar-refractivity contribution is 7.47. The molecule has 3 unspecified atom stereocenters. The third-order valence-electron chi connectivity index (χ3n) is 15.9. The molecule has 3 atom stereocenters. The molecule has 0 rings (SSSR count). The minimum Gasteiger partial charge on any atom is -0.462 e. The average molecular weight is 1180 g/mol. The quantitative estimate of drug-likeness (QED) is 0.0197. The molecule has 0 aromatic rings. The Bertz CT molecular complexity index is 1470. The molecule has 0 amide bonds. The van der Waals surface area contributed by atoms with E-state index in [0.717, 1.165) is 77.0 Å². The summed E-state index contributed by atoms with van der Waals surface area (Å²) in [6.45, 7) is 4.72. The fourth-order valence-electron chi connectivity index (χ4n) is 10.5.